The molecule has 1 aliphatic carbocycles. The van der Waals surface area contributed by atoms with Gasteiger partial charge in [-0.3, -0.25) is 4.68 Å². The van der Waals surface area contributed by atoms with Crippen LogP contribution in [0.1, 0.15) is 52.7 Å². The topological polar surface area (TPSA) is 58.9 Å². The minimum atomic E-state index is 0.396. The lowest BCUT2D eigenvalue weighted by molar-refractivity contribution is 0.112. The van der Waals surface area contributed by atoms with Crippen LogP contribution in [-0.4, -0.2) is 51.1 Å². The Balaban J connectivity index is 1.24. The SMILES string of the molecule is Cc1nn(C)cc1-c1ccc(NCC2CC23CCN(CC(C)C(C)(C)C)CC3)nn1. The van der Waals surface area contributed by atoms with Gasteiger partial charge in [-0.05, 0) is 74.1 Å². The summed E-state index contributed by atoms with van der Waals surface area (Å²) in [6, 6.07) is 4.08. The minimum absolute atomic E-state index is 0.396. The summed E-state index contributed by atoms with van der Waals surface area (Å²) in [4.78, 5) is 2.69. The van der Waals surface area contributed by atoms with Gasteiger partial charge in [0, 0.05) is 31.9 Å². The molecule has 6 nitrogen and oxygen atoms in total. The number of hydrogen-bond donors (Lipinski definition) is 1. The number of nitrogens with one attached hydrogen (secondary N) is 1. The number of hydrogen-bond acceptors (Lipinski definition) is 5. The summed E-state index contributed by atoms with van der Waals surface area (Å²) in [6.45, 7) is 16.3. The highest BCUT2D eigenvalue weighted by atomic mass is 15.3. The van der Waals surface area contributed by atoms with Crippen molar-refractivity contribution < 1.29 is 0 Å². The number of aryl methyl sites for hydroxylation is 2. The van der Waals surface area contributed by atoms with Crippen LogP contribution in [0.2, 0.25) is 0 Å². The van der Waals surface area contributed by atoms with Gasteiger partial charge in [-0.15, -0.1) is 10.2 Å². The lowest BCUT2D eigenvalue weighted by Gasteiger charge is -2.37. The Morgan fingerprint density at radius 3 is 2.50 bits per heavy atom. The van der Waals surface area contributed by atoms with Gasteiger partial charge in [0.05, 0.1) is 11.4 Å². The molecule has 0 aromatic carbocycles. The maximum absolute atomic E-state index is 4.41. The molecule has 0 bridgehead atoms. The second kappa shape index (κ2) is 7.95. The Morgan fingerprint density at radius 2 is 1.93 bits per heavy atom. The summed E-state index contributed by atoms with van der Waals surface area (Å²) in [5.74, 6) is 2.39. The van der Waals surface area contributed by atoms with Crippen molar-refractivity contribution in [2.24, 2.45) is 29.7 Å². The Morgan fingerprint density at radius 1 is 1.20 bits per heavy atom. The number of aromatic nitrogens is 4. The summed E-state index contributed by atoms with van der Waals surface area (Å²) in [7, 11) is 1.93. The molecule has 2 aliphatic rings. The Labute approximate surface area is 181 Å². The van der Waals surface area contributed by atoms with Crippen molar-refractivity contribution in [3.8, 4) is 11.3 Å². The monoisotopic (exact) mass is 410 g/mol. The predicted octanol–water partition coefficient (Wildman–Crippen LogP) is 4.38. The fraction of sp³-hybridized carbons (Fsp3) is 0.708. The zero-order valence-corrected chi connectivity index (χ0v) is 19.6. The van der Waals surface area contributed by atoms with E-state index in [2.05, 4.69) is 53.2 Å². The molecule has 1 N–H and O–H groups in total. The maximum atomic E-state index is 4.41. The highest BCUT2D eigenvalue weighted by molar-refractivity contribution is 5.61. The zero-order chi connectivity index (χ0) is 21.5. The largest absolute Gasteiger partial charge is 0.368 e. The molecule has 2 atom stereocenters. The molecule has 3 heterocycles. The van der Waals surface area contributed by atoms with Gasteiger partial charge < -0.3 is 10.2 Å². The molecule has 1 aliphatic heterocycles. The first-order valence-electron chi connectivity index (χ1n) is 11.5. The molecule has 1 spiro atoms. The van der Waals surface area contributed by atoms with E-state index < -0.39 is 0 Å². The molecule has 1 saturated carbocycles. The van der Waals surface area contributed by atoms with Crippen LogP contribution in [0.3, 0.4) is 0 Å². The van der Waals surface area contributed by atoms with Crippen LogP contribution in [0.15, 0.2) is 18.3 Å². The van der Waals surface area contributed by atoms with Crippen LogP contribution in [0, 0.1) is 29.6 Å². The molecular weight excluding hydrogens is 372 g/mol. The van der Waals surface area contributed by atoms with Gasteiger partial charge in [-0.25, -0.2) is 0 Å². The molecule has 6 heteroatoms. The van der Waals surface area contributed by atoms with Crippen LogP contribution in [-0.2, 0) is 7.05 Å². The molecule has 0 radical (unpaired) electrons. The summed E-state index contributed by atoms with van der Waals surface area (Å²) < 4.78 is 1.82. The lowest BCUT2D eigenvalue weighted by atomic mass is 9.81. The van der Waals surface area contributed by atoms with E-state index in [0.29, 0.717) is 10.8 Å². The standard InChI is InChI=1S/C24H38N6/c1-17(23(3,4)5)15-30-11-9-24(10-12-30)13-19(24)14-25-22-8-7-21(26-27-22)20-16-29(6)28-18(20)2/h7-8,16-17,19H,9-15H2,1-6H3,(H,25,27). The second-order valence-electron chi connectivity index (χ2n) is 10.8. The van der Waals surface area contributed by atoms with Crippen LogP contribution in [0.5, 0.6) is 0 Å². The first-order chi connectivity index (χ1) is 14.2. The number of nitrogens with zero attached hydrogens (tertiary/aromatic N) is 5. The lowest BCUT2D eigenvalue weighted by Crippen LogP contribution is -2.40. The highest BCUT2D eigenvalue weighted by Crippen LogP contribution is 2.59. The third-order valence-electron chi connectivity index (χ3n) is 7.70. The first-order valence-corrected chi connectivity index (χ1v) is 11.5. The van der Waals surface area contributed by atoms with Crippen molar-refractivity contribution in [1.29, 1.82) is 0 Å². The van der Waals surface area contributed by atoms with E-state index in [1.54, 1.807) is 0 Å². The predicted molar refractivity (Wildman–Crippen MR) is 122 cm³/mol. The van der Waals surface area contributed by atoms with Gasteiger partial charge >= 0.3 is 0 Å². The van der Waals surface area contributed by atoms with Crippen LogP contribution < -0.4 is 5.32 Å². The third-order valence-corrected chi connectivity index (χ3v) is 7.70. The van der Waals surface area contributed by atoms with E-state index in [1.807, 2.05) is 37.0 Å². The van der Waals surface area contributed by atoms with Gasteiger partial charge in [0.15, 0.2) is 0 Å². The molecule has 4 rings (SSSR count). The molecular formula is C24H38N6. The average molecular weight is 411 g/mol. The van der Waals surface area contributed by atoms with Crippen molar-refractivity contribution in [2.45, 2.75) is 53.9 Å². The number of rotatable bonds is 6. The average Bonchev–Trinajstić information content (AvgIpc) is 3.25. The Bertz CT molecular complexity index is 855. The van der Waals surface area contributed by atoms with E-state index in [0.717, 1.165) is 41.1 Å². The van der Waals surface area contributed by atoms with E-state index in [-0.39, 0.29) is 0 Å². The van der Waals surface area contributed by atoms with Gasteiger partial charge in [0.2, 0.25) is 0 Å². The number of likely N-dealkylation sites (tertiary alicyclic amines) is 1. The molecule has 2 aromatic heterocycles. The van der Waals surface area contributed by atoms with Crippen molar-refractivity contribution in [1.82, 2.24) is 24.9 Å². The molecule has 2 fully saturated rings. The summed E-state index contributed by atoms with van der Waals surface area (Å²) in [5.41, 5.74) is 3.88. The highest BCUT2D eigenvalue weighted by Gasteiger charge is 2.54. The number of piperidine rings is 1. The minimum Gasteiger partial charge on any atom is -0.368 e. The fourth-order valence-corrected chi connectivity index (χ4v) is 4.82. The van der Waals surface area contributed by atoms with E-state index in [1.165, 1.54) is 38.9 Å². The molecule has 0 amide bonds. The van der Waals surface area contributed by atoms with Crippen molar-refractivity contribution in [2.75, 3.05) is 31.5 Å². The Kier molecular flexibility index (Phi) is 5.64. The summed E-state index contributed by atoms with van der Waals surface area (Å²) >= 11 is 0. The Hall–Kier alpha value is -1.95. The summed E-state index contributed by atoms with van der Waals surface area (Å²) in [5, 5.41) is 16.7. The van der Waals surface area contributed by atoms with Gasteiger partial charge in [0.1, 0.15) is 5.82 Å². The first kappa shape index (κ1) is 21.3. The number of anilines is 1. The molecule has 164 valence electrons. The van der Waals surface area contributed by atoms with Gasteiger partial charge in [0.25, 0.3) is 0 Å². The van der Waals surface area contributed by atoms with E-state index >= 15 is 0 Å². The van der Waals surface area contributed by atoms with Crippen LogP contribution >= 0.6 is 0 Å². The third kappa shape index (κ3) is 4.53. The smallest absolute Gasteiger partial charge is 0.148 e. The van der Waals surface area contributed by atoms with Crippen molar-refractivity contribution in [3.63, 3.8) is 0 Å². The van der Waals surface area contributed by atoms with E-state index in [4.69, 9.17) is 0 Å². The molecule has 1 saturated heterocycles. The zero-order valence-electron chi connectivity index (χ0n) is 19.6. The maximum Gasteiger partial charge on any atom is 0.148 e. The molecule has 2 unspecified atom stereocenters. The van der Waals surface area contributed by atoms with Crippen molar-refractivity contribution in [3.05, 3.63) is 24.0 Å². The second-order valence-corrected chi connectivity index (χ2v) is 10.8. The van der Waals surface area contributed by atoms with Gasteiger partial charge in [-0.2, -0.15) is 5.10 Å². The van der Waals surface area contributed by atoms with Crippen molar-refractivity contribution >= 4 is 5.82 Å². The fourth-order valence-electron chi connectivity index (χ4n) is 4.82. The van der Waals surface area contributed by atoms with Crippen LogP contribution in [0.4, 0.5) is 5.82 Å². The van der Waals surface area contributed by atoms with Crippen LogP contribution in [0.25, 0.3) is 11.3 Å². The van der Waals surface area contributed by atoms with E-state index in [9.17, 15) is 0 Å². The molecule has 2 aromatic rings. The normalized spacial score (nSPS) is 22.3. The molecule has 30 heavy (non-hydrogen) atoms. The quantitative estimate of drug-likeness (QED) is 0.766. The summed E-state index contributed by atoms with van der Waals surface area (Å²) in [6.07, 6.45) is 6.06. The van der Waals surface area contributed by atoms with Gasteiger partial charge in [-0.1, -0.05) is 27.7 Å².